The molecule has 48 heavy (non-hydrogen) atoms. The van der Waals surface area contributed by atoms with Crippen LogP contribution in [0.2, 0.25) is 0 Å². The summed E-state index contributed by atoms with van der Waals surface area (Å²) in [7, 11) is 3.74. The number of nitrogens with zero attached hydrogens (tertiary/aromatic N) is 3. The van der Waals surface area contributed by atoms with Crippen LogP contribution < -0.4 is 21.3 Å². The largest absolute Gasteiger partial charge is 0.346 e. The van der Waals surface area contributed by atoms with Crippen LogP contribution in [0.25, 0.3) is 0 Å². The van der Waals surface area contributed by atoms with Crippen LogP contribution in [0.1, 0.15) is 99.3 Å². The molecule has 0 bridgehead atoms. The number of rotatable bonds is 18. The van der Waals surface area contributed by atoms with Gasteiger partial charge in [0.25, 0.3) is 5.91 Å². The van der Waals surface area contributed by atoms with E-state index in [4.69, 9.17) is 4.28 Å². The van der Waals surface area contributed by atoms with Gasteiger partial charge in [-0.05, 0) is 50.0 Å². The lowest BCUT2D eigenvalue weighted by molar-refractivity contribution is -0.144. The summed E-state index contributed by atoms with van der Waals surface area (Å²) in [5.41, 5.74) is -0.823. The summed E-state index contributed by atoms with van der Waals surface area (Å²) >= 11 is 1.22. The highest BCUT2D eigenvalue weighted by atomic mass is 32.2. The van der Waals surface area contributed by atoms with Crippen molar-refractivity contribution in [3.05, 3.63) is 12.7 Å². The molecule has 1 saturated carbocycles. The summed E-state index contributed by atoms with van der Waals surface area (Å²) < 4.78 is 7.72. The van der Waals surface area contributed by atoms with Gasteiger partial charge in [0, 0.05) is 33.2 Å². The predicted octanol–water partition coefficient (Wildman–Crippen LogP) is 3.56. The van der Waals surface area contributed by atoms with Gasteiger partial charge in [-0.3, -0.25) is 19.2 Å². The molecule has 0 spiro atoms. The molecule has 2 fully saturated rings. The van der Waals surface area contributed by atoms with Crippen molar-refractivity contribution in [2.75, 3.05) is 40.3 Å². The van der Waals surface area contributed by atoms with Crippen molar-refractivity contribution in [1.82, 2.24) is 35.5 Å². The minimum absolute atomic E-state index is 0.138. The monoisotopic (exact) mass is 695 g/mol. The third-order valence-corrected chi connectivity index (χ3v) is 10.3. The fraction of sp³-hybridized carbons (Fsp3) is 0.794. The highest BCUT2D eigenvalue weighted by Crippen LogP contribution is 2.40. The van der Waals surface area contributed by atoms with Gasteiger partial charge in [0.1, 0.15) is 24.3 Å². The van der Waals surface area contributed by atoms with Crippen LogP contribution in [-0.2, 0) is 23.5 Å². The molecule has 4 N–H and O–H groups in total. The Morgan fingerprint density at radius 3 is 2.29 bits per heavy atom. The van der Waals surface area contributed by atoms with Crippen molar-refractivity contribution in [3.63, 3.8) is 0 Å². The molecule has 0 aromatic heterocycles. The van der Waals surface area contributed by atoms with Gasteiger partial charge in [0.15, 0.2) is 0 Å². The van der Waals surface area contributed by atoms with Crippen LogP contribution in [0.4, 0.5) is 4.79 Å². The molecule has 1 heterocycles. The fourth-order valence-electron chi connectivity index (χ4n) is 6.21. The number of likely N-dealkylation sites (N-methyl/N-ethyl adjacent to an activating group) is 1. The van der Waals surface area contributed by atoms with Crippen molar-refractivity contribution in [2.45, 2.75) is 123 Å². The first-order valence-corrected chi connectivity index (χ1v) is 18.2. The summed E-state index contributed by atoms with van der Waals surface area (Å²) in [5.74, 6) is -2.29. The molecule has 2 aliphatic rings. The van der Waals surface area contributed by atoms with E-state index in [1.807, 2.05) is 59.9 Å². The molecule has 14 heteroatoms. The number of ketones is 1. The summed E-state index contributed by atoms with van der Waals surface area (Å²) in [5, 5.41) is 13.1. The van der Waals surface area contributed by atoms with E-state index in [9.17, 15) is 24.0 Å². The van der Waals surface area contributed by atoms with Crippen LogP contribution in [0.3, 0.4) is 0 Å². The molecular weight excluding hydrogens is 634 g/mol. The van der Waals surface area contributed by atoms with E-state index < -0.39 is 47.2 Å². The number of amides is 5. The van der Waals surface area contributed by atoms with Gasteiger partial charge in [-0.2, -0.15) is 5.06 Å². The van der Waals surface area contributed by atoms with Crippen LogP contribution in [0, 0.1) is 10.8 Å². The van der Waals surface area contributed by atoms with Crippen molar-refractivity contribution in [2.24, 2.45) is 10.8 Å². The first-order chi connectivity index (χ1) is 22.6. The van der Waals surface area contributed by atoms with Gasteiger partial charge < -0.3 is 26.2 Å². The highest BCUT2D eigenvalue weighted by molar-refractivity contribution is 7.92. The summed E-state index contributed by atoms with van der Waals surface area (Å²) in [4.78, 5) is 68.6. The Kier molecular flexibility index (Phi) is 16.8. The molecule has 0 aromatic carbocycles. The number of urea groups is 1. The predicted molar refractivity (Wildman–Crippen MR) is 189 cm³/mol. The van der Waals surface area contributed by atoms with Gasteiger partial charge in [0.2, 0.25) is 17.6 Å². The van der Waals surface area contributed by atoms with Gasteiger partial charge in [-0.15, -0.1) is 6.58 Å². The molecule has 2 rings (SSSR count). The fourth-order valence-corrected chi connectivity index (χ4v) is 6.60. The van der Waals surface area contributed by atoms with E-state index >= 15 is 0 Å². The summed E-state index contributed by atoms with van der Waals surface area (Å²) in [6.07, 6.45) is 7.85. The molecule has 0 aromatic rings. The van der Waals surface area contributed by atoms with Crippen LogP contribution in [-0.4, -0.2) is 108 Å². The van der Waals surface area contributed by atoms with Crippen molar-refractivity contribution in [3.8, 4) is 0 Å². The molecule has 0 radical (unpaired) electrons. The van der Waals surface area contributed by atoms with E-state index in [2.05, 4.69) is 27.8 Å². The maximum absolute atomic E-state index is 14.4. The second-order valence-corrected chi connectivity index (χ2v) is 15.4. The number of hydroxylamine groups is 2. The normalized spacial score (nSPS) is 19.7. The number of carbonyl (C=O) groups is 5. The molecule has 5 amide bonds. The minimum Gasteiger partial charge on any atom is -0.346 e. The zero-order valence-corrected chi connectivity index (χ0v) is 31.3. The van der Waals surface area contributed by atoms with E-state index in [0.717, 1.165) is 38.6 Å². The Morgan fingerprint density at radius 2 is 1.71 bits per heavy atom. The Bertz CT molecular complexity index is 1110. The average molecular weight is 696 g/mol. The number of likely N-dealkylation sites (tertiary alicyclic amines) is 1. The Labute approximate surface area is 292 Å². The zero-order valence-electron chi connectivity index (χ0n) is 30.5. The number of hydrogen-bond acceptors (Lipinski definition) is 9. The second kappa shape index (κ2) is 19.5. The molecule has 1 aliphatic heterocycles. The molecule has 4 unspecified atom stereocenters. The molecule has 1 saturated heterocycles. The highest BCUT2D eigenvalue weighted by Gasteiger charge is 2.46. The Balaban J connectivity index is 2.26. The zero-order chi connectivity index (χ0) is 36.1. The summed E-state index contributed by atoms with van der Waals surface area (Å²) in [6.45, 7) is 17.3. The number of nitrogens with one attached hydrogen (secondary N) is 4. The minimum atomic E-state index is -1.00. The quantitative estimate of drug-likeness (QED) is 0.0555. The molecule has 1 aliphatic carbocycles. The van der Waals surface area contributed by atoms with E-state index in [1.165, 1.54) is 18.3 Å². The lowest BCUT2D eigenvalue weighted by atomic mass is 9.70. The second-order valence-electron chi connectivity index (χ2n) is 14.5. The standard InChI is InChI=1S/C34H61N7O6S/c1-10-17-24(27(42)30(44)35-21-11-2)36-29(43)25-18-16-22-41(25)31(45)28(34(7)19-14-13-15-20-34)38-32(46)37-26(33(4,5)6)23-39(8)47-48-40(9)12-3/h11,24-26,28H,2,10,12-23H2,1,3-9H3,(H,35,44)(H,36,43)(H2,37,38,46). The van der Waals surface area contributed by atoms with Gasteiger partial charge >= 0.3 is 6.03 Å². The third-order valence-electron chi connectivity index (χ3n) is 9.42. The van der Waals surface area contributed by atoms with E-state index in [1.54, 1.807) is 9.96 Å². The number of Topliss-reactive ketones (excluding diaryl/α,β-unsaturated/α-hetero) is 1. The maximum atomic E-state index is 14.4. The Morgan fingerprint density at radius 1 is 1.04 bits per heavy atom. The van der Waals surface area contributed by atoms with E-state index in [0.29, 0.717) is 38.8 Å². The first-order valence-electron chi connectivity index (χ1n) is 17.5. The van der Waals surface area contributed by atoms with Crippen LogP contribution in [0.15, 0.2) is 12.7 Å². The molecule has 274 valence electrons. The summed E-state index contributed by atoms with van der Waals surface area (Å²) in [6, 6.07) is -3.43. The Hall–Kier alpha value is -2.68. The van der Waals surface area contributed by atoms with Crippen LogP contribution in [0.5, 0.6) is 0 Å². The van der Waals surface area contributed by atoms with Crippen molar-refractivity contribution < 1.29 is 28.3 Å². The topological polar surface area (TPSA) is 152 Å². The van der Waals surface area contributed by atoms with Crippen molar-refractivity contribution >= 4 is 41.8 Å². The lowest BCUT2D eigenvalue weighted by Gasteiger charge is -2.43. The average Bonchev–Trinajstić information content (AvgIpc) is 3.54. The van der Waals surface area contributed by atoms with E-state index in [-0.39, 0.29) is 23.9 Å². The SMILES string of the molecule is C=CCNC(=O)C(=O)C(CCC)NC(=O)C1CCCN1C(=O)C(NC(=O)NC(CN(C)OSN(C)CC)C(C)(C)C)C1(C)CCCCC1. The van der Waals surface area contributed by atoms with Crippen molar-refractivity contribution in [1.29, 1.82) is 0 Å². The third kappa shape index (κ3) is 12.3. The molecular formula is C34H61N7O6S. The number of hydrogen-bond donors (Lipinski definition) is 4. The van der Waals surface area contributed by atoms with Gasteiger partial charge in [-0.1, -0.05) is 73.3 Å². The molecule has 4 atom stereocenters. The van der Waals surface area contributed by atoms with Crippen LogP contribution >= 0.6 is 12.2 Å². The smallest absolute Gasteiger partial charge is 0.315 e. The van der Waals surface area contributed by atoms with Gasteiger partial charge in [0.05, 0.1) is 12.1 Å². The molecule has 13 nitrogen and oxygen atoms in total. The first kappa shape index (κ1) is 41.5. The van der Waals surface area contributed by atoms with Gasteiger partial charge in [-0.25, -0.2) is 13.4 Å². The number of carbonyl (C=O) groups excluding carboxylic acids is 5. The lowest BCUT2D eigenvalue weighted by Crippen LogP contribution is -2.62. The maximum Gasteiger partial charge on any atom is 0.315 e.